The Labute approximate surface area is 209 Å². The number of pyridine rings is 1. The second-order valence-corrected chi connectivity index (χ2v) is 10.3. The van der Waals surface area contributed by atoms with Gasteiger partial charge in [-0.2, -0.15) is 0 Å². The number of hydrogen-bond acceptors (Lipinski definition) is 8. The van der Waals surface area contributed by atoms with Crippen LogP contribution in [0.15, 0.2) is 30.6 Å². The highest BCUT2D eigenvalue weighted by atomic mass is 16.5. The third-order valence-electron chi connectivity index (χ3n) is 7.64. The highest BCUT2D eigenvalue weighted by molar-refractivity contribution is 5.84. The molecule has 1 N–H and O–H groups in total. The van der Waals surface area contributed by atoms with E-state index in [0.29, 0.717) is 13.2 Å². The molecule has 10 nitrogen and oxygen atoms in total. The van der Waals surface area contributed by atoms with Crippen LogP contribution in [0.5, 0.6) is 5.75 Å². The van der Waals surface area contributed by atoms with Gasteiger partial charge in [0, 0.05) is 38.1 Å². The number of carbonyl (C=O) groups excluding carboxylic acids is 1. The smallest absolute Gasteiger partial charge is 0.246 e. The van der Waals surface area contributed by atoms with Gasteiger partial charge in [-0.05, 0) is 49.6 Å². The van der Waals surface area contributed by atoms with Crippen LogP contribution < -0.4 is 10.1 Å². The van der Waals surface area contributed by atoms with Crippen molar-refractivity contribution in [3.63, 3.8) is 0 Å². The highest BCUT2D eigenvalue weighted by Gasteiger charge is 2.67. The number of benzene rings is 1. The van der Waals surface area contributed by atoms with Crippen molar-refractivity contribution >= 4 is 16.8 Å². The van der Waals surface area contributed by atoms with E-state index in [2.05, 4.69) is 33.6 Å². The number of ether oxygens (including phenoxy) is 4. The first-order chi connectivity index (χ1) is 17.4. The number of aromatic nitrogens is 4. The summed E-state index contributed by atoms with van der Waals surface area (Å²) < 4.78 is 25.0. The zero-order chi connectivity index (χ0) is 24.9. The second kappa shape index (κ2) is 8.79. The molecule has 0 radical (unpaired) electrons. The third kappa shape index (κ3) is 3.93. The van der Waals surface area contributed by atoms with Crippen molar-refractivity contribution in [2.75, 3.05) is 26.9 Å². The average molecular weight is 494 g/mol. The molecular formula is C26H31N5O5. The molecule has 5 heterocycles. The van der Waals surface area contributed by atoms with Gasteiger partial charge in [-0.25, -0.2) is 4.68 Å². The van der Waals surface area contributed by atoms with Gasteiger partial charge in [0.05, 0.1) is 36.1 Å². The van der Waals surface area contributed by atoms with Crippen molar-refractivity contribution in [3.8, 4) is 5.75 Å². The van der Waals surface area contributed by atoms with E-state index in [4.69, 9.17) is 18.9 Å². The quantitative estimate of drug-likeness (QED) is 0.510. The number of methoxy groups -OCH3 is 1. The molecule has 1 aromatic carbocycles. The molecule has 4 aliphatic rings. The van der Waals surface area contributed by atoms with E-state index in [1.807, 2.05) is 36.1 Å². The van der Waals surface area contributed by atoms with Gasteiger partial charge in [0.15, 0.2) is 0 Å². The van der Waals surface area contributed by atoms with E-state index in [1.165, 1.54) is 12.7 Å². The molecule has 1 amide bonds. The summed E-state index contributed by atoms with van der Waals surface area (Å²) in [6.07, 6.45) is 5.91. The summed E-state index contributed by atoms with van der Waals surface area (Å²) in [6.45, 7) is 5.83. The monoisotopic (exact) mass is 493 g/mol. The molecule has 1 aliphatic carbocycles. The molecule has 1 saturated carbocycles. The van der Waals surface area contributed by atoms with Gasteiger partial charge < -0.3 is 24.3 Å². The summed E-state index contributed by atoms with van der Waals surface area (Å²) in [5.41, 5.74) is 3.60. The van der Waals surface area contributed by atoms with Gasteiger partial charge in [0.2, 0.25) is 5.91 Å². The van der Waals surface area contributed by atoms with Crippen LogP contribution in [0.3, 0.4) is 0 Å². The van der Waals surface area contributed by atoms with E-state index < -0.39 is 0 Å². The minimum absolute atomic E-state index is 0.0285. The first kappa shape index (κ1) is 23.3. The van der Waals surface area contributed by atoms with Crippen LogP contribution >= 0.6 is 0 Å². The van der Waals surface area contributed by atoms with E-state index in [-0.39, 0.29) is 35.9 Å². The summed E-state index contributed by atoms with van der Waals surface area (Å²) >= 11 is 0. The number of hydrogen-bond donors (Lipinski definition) is 1. The van der Waals surface area contributed by atoms with Crippen LogP contribution in [-0.4, -0.2) is 64.5 Å². The Morgan fingerprint density at radius 2 is 2.22 bits per heavy atom. The van der Waals surface area contributed by atoms with E-state index in [9.17, 15) is 4.79 Å². The summed E-state index contributed by atoms with van der Waals surface area (Å²) in [5.74, 6) is 0.606. The molecule has 2 saturated heterocycles. The zero-order valence-electron chi connectivity index (χ0n) is 20.8. The first-order valence-electron chi connectivity index (χ1n) is 12.4. The minimum Gasteiger partial charge on any atom is -0.484 e. The lowest BCUT2D eigenvalue weighted by Gasteiger charge is -2.43. The van der Waals surface area contributed by atoms with Gasteiger partial charge in [-0.15, -0.1) is 5.10 Å². The molecule has 3 fully saturated rings. The second-order valence-electron chi connectivity index (χ2n) is 10.3. The molecule has 10 heteroatoms. The molecule has 7 rings (SSSR count). The number of carbonyl (C=O) groups is 1. The van der Waals surface area contributed by atoms with Gasteiger partial charge in [0.25, 0.3) is 0 Å². The summed E-state index contributed by atoms with van der Waals surface area (Å²) in [5, 5.41) is 12.9. The molecule has 2 bridgehead atoms. The van der Waals surface area contributed by atoms with Crippen LogP contribution in [0.25, 0.3) is 10.9 Å². The predicted octanol–water partition coefficient (Wildman–Crippen LogP) is 2.45. The molecular weight excluding hydrogens is 462 g/mol. The van der Waals surface area contributed by atoms with E-state index in [1.54, 1.807) is 0 Å². The lowest BCUT2D eigenvalue weighted by Crippen LogP contribution is -2.53. The number of nitrogens with one attached hydrogen (secondary N) is 1. The predicted molar refractivity (Wildman–Crippen MR) is 130 cm³/mol. The molecule has 190 valence electrons. The normalized spacial score (nSPS) is 27.4. The maximum atomic E-state index is 11.9. The van der Waals surface area contributed by atoms with Gasteiger partial charge in [0.1, 0.15) is 30.3 Å². The van der Waals surface area contributed by atoms with E-state index >= 15 is 0 Å². The first-order valence-corrected chi connectivity index (χ1v) is 12.4. The fraction of sp³-hybridized carbons (Fsp3) is 0.538. The number of fused-ring (bicyclic) bond motifs is 4. The van der Waals surface area contributed by atoms with Gasteiger partial charge in [-0.1, -0.05) is 5.21 Å². The fourth-order valence-electron chi connectivity index (χ4n) is 6.00. The lowest BCUT2D eigenvalue weighted by molar-refractivity contribution is -0.125. The van der Waals surface area contributed by atoms with Crippen molar-refractivity contribution in [2.24, 2.45) is 0 Å². The van der Waals surface area contributed by atoms with Gasteiger partial charge in [-0.3, -0.25) is 9.78 Å². The van der Waals surface area contributed by atoms with Crippen LogP contribution in [-0.2, 0) is 37.6 Å². The Balaban J connectivity index is 1.19. The topological polar surface area (TPSA) is 110 Å². The average Bonchev–Trinajstić information content (AvgIpc) is 3.53. The standard InChI is InChI=1S/C26H31N5O5/c1-16(35-18-4-5-21-20(8-18)19-6-7-34-12-17(19)9-27-21)22-11-31(30-29-22)26-14-25(2,15-26)36-23(26)10-28-24(32)13-33-3/h4-5,8-9,11,16,23H,6-7,10,12-15H2,1-3H3,(H,28,32)/t16-,23?,25?,26?/m1/s1. The van der Waals surface area contributed by atoms with Crippen molar-refractivity contribution in [1.82, 2.24) is 25.3 Å². The van der Waals surface area contributed by atoms with Crippen molar-refractivity contribution in [2.45, 2.75) is 63.1 Å². The molecule has 0 spiro atoms. The van der Waals surface area contributed by atoms with Crippen LogP contribution in [0.1, 0.15) is 49.6 Å². The Bertz CT molecular complexity index is 1300. The molecule has 3 aliphatic heterocycles. The largest absolute Gasteiger partial charge is 0.484 e. The Hall–Kier alpha value is -3.08. The zero-order valence-corrected chi connectivity index (χ0v) is 20.8. The lowest BCUT2D eigenvalue weighted by atomic mass is 9.67. The van der Waals surface area contributed by atoms with Crippen LogP contribution in [0.2, 0.25) is 0 Å². The van der Waals surface area contributed by atoms with E-state index in [0.717, 1.165) is 53.8 Å². The number of nitrogens with zero attached hydrogens (tertiary/aromatic N) is 4. The van der Waals surface area contributed by atoms with Crippen LogP contribution in [0, 0.1) is 0 Å². The summed E-state index contributed by atoms with van der Waals surface area (Å²) in [6, 6.07) is 6.01. The third-order valence-corrected chi connectivity index (χ3v) is 7.64. The Morgan fingerprint density at radius 1 is 1.36 bits per heavy atom. The Kier molecular flexibility index (Phi) is 5.70. The SMILES string of the molecule is COCC(=O)NCC1OC2(C)CC1(n1cc([C@@H](C)Oc3ccc4ncc5c(c4c3)CCOC5)nn1)C2. The number of rotatable bonds is 8. The summed E-state index contributed by atoms with van der Waals surface area (Å²) in [4.78, 5) is 16.5. The minimum atomic E-state index is -0.324. The van der Waals surface area contributed by atoms with Crippen molar-refractivity contribution in [1.29, 1.82) is 0 Å². The maximum Gasteiger partial charge on any atom is 0.246 e. The van der Waals surface area contributed by atoms with Gasteiger partial charge >= 0.3 is 0 Å². The maximum absolute atomic E-state index is 11.9. The molecule has 1 unspecified atom stereocenters. The molecule has 3 aromatic rings. The fourth-order valence-corrected chi connectivity index (χ4v) is 6.00. The summed E-state index contributed by atoms with van der Waals surface area (Å²) in [7, 11) is 1.50. The van der Waals surface area contributed by atoms with Crippen molar-refractivity contribution < 1.29 is 23.7 Å². The molecule has 36 heavy (non-hydrogen) atoms. The molecule has 2 atom stereocenters. The highest BCUT2D eigenvalue weighted by Crippen LogP contribution is 2.59. The molecule has 2 aromatic heterocycles. The van der Waals surface area contributed by atoms with Crippen molar-refractivity contribution in [3.05, 3.63) is 47.4 Å². The number of amides is 1. The Morgan fingerprint density at radius 3 is 3.06 bits per heavy atom. The van der Waals surface area contributed by atoms with Crippen LogP contribution in [0.4, 0.5) is 0 Å².